The molecule has 1 aliphatic rings. The Balaban J connectivity index is 0.00000272. The van der Waals surface area contributed by atoms with Gasteiger partial charge in [-0.2, -0.15) is 5.10 Å². The second-order valence-electron chi connectivity index (χ2n) is 7.80. The molecule has 2 aromatic heterocycles. The van der Waals surface area contributed by atoms with Crippen LogP contribution in [-0.4, -0.2) is 46.2 Å². The average molecular weight is 466 g/mol. The zero-order chi connectivity index (χ0) is 21.1. The van der Waals surface area contributed by atoms with E-state index in [-0.39, 0.29) is 23.6 Å². The van der Waals surface area contributed by atoms with E-state index in [9.17, 15) is 4.39 Å². The number of hydrogen-bond donors (Lipinski definition) is 2. The Morgan fingerprint density at radius 1 is 1.35 bits per heavy atom. The smallest absolute Gasteiger partial charge is 0.177 e. The van der Waals surface area contributed by atoms with E-state index < -0.39 is 6.17 Å². The minimum Gasteiger partial charge on any atom is -0.496 e. The van der Waals surface area contributed by atoms with E-state index in [0.717, 1.165) is 46.3 Å². The molecule has 0 bridgehead atoms. The Bertz CT molecular complexity index is 1010. The van der Waals surface area contributed by atoms with E-state index in [2.05, 4.69) is 29.5 Å². The number of para-hydroxylation sites is 1. The molecule has 3 aromatic rings. The van der Waals surface area contributed by atoms with Crippen molar-refractivity contribution in [2.24, 2.45) is 0 Å². The number of hydrogen-bond acceptors (Lipinski definition) is 6. The number of methoxy groups -OCH3 is 1. The number of halogens is 2. The zero-order valence-electron chi connectivity index (χ0n) is 18.0. The van der Waals surface area contributed by atoms with E-state index in [4.69, 9.17) is 9.84 Å². The van der Waals surface area contributed by atoms with Crippen molar-refractivity contribution in [2.45, 2.75) is 49.2 Å². The zero-order valence-corrected chi connectivity index (χ0v) is 19.6. The van der Waals surface area contributed by atoms with E-state index >= 15 is 0 Å². The lowest BCUT2D eigenvalue weighted by atomic mass is 10.1. The lowest BCUT2D eigenvalue weighted by molar-refractivity contribution is 0.275. The van der Waals surface area contributed by atoms with Crippen LogP contribution in [0.4, 0.5) is 10.1 Å². The van der Waals surface area contributed by atoms with E-state index in [1.807, 2.05) is 41.0 Å². The van der Waals surface area contributed by atoms with E-state index in [1.54, 1.807) is 7.11 Å². The number of nitrogens with zero attached hydrogens (tertiary/aromatic N) is 3. The number of nitrogens with one attached hydrogen (secondary N) is 2. The van der Waals surface area contributed by atoms with Gasteiger partial charge >= 0.3 is 0 Å². The van der Waals surface area contributed by atoms with Crippen molar-refractivity contribution < 1.29 is 9.13 Å². The van der Waals surface area contributed by atoms with Gasteiger partial charge in [-0.05, 0) is 31.0 Å². The van der Waals surface area contributed by atoms with E-state index in [0.29, 0.717) is 13.1 Å². The highest BCUT2D eigenvalue weighted by Gasteiger charge is 2.26. The van der Waals surface area contributed by atoms with Crippen molar-refractivity contribution in [3.8, 4) is 5.75 Å². The molecular weight excluding hydrogens is 437 g/mol. The van der Waals surface area contributed by atoms with Crippen molar-refractivity contribution >= 4 is 35.5 Å². The van der Waals surface area contributed by atoms with Gasteiger partial charge < -0.3 is 15.4 Å². The fraction of sp³-hybridized carbons (Fsp3) is 0.455. The first-order valence-corrected chi connectivity index (χ1v) is 11.2. The van der Waals surface area contributed by atoms with Crippen LogP contribution in [-0.2, 0) is 6.54 Å². The molecule has 1 fully saturated rings. The number of aromatic nitrogens is 3. The first-order chi connectivity index (χ1) is 14.6. The van der Waals surface area contributed by atoms with Crippen LogP contribution in [0.15, 0.2) is 41.6 Å². The molecule has 1 aromatic carbocycles. The van der Waals surface area contributed by atoms with Crippen LogP contribution in [0.5, 0.6) is 5.75 Å². The van der Waals surface area contributed by atoms with Crippen molar-refractivity contribution in [1.29, 1.82) is 0 Å². The molecule has 168 valence electrons. The van der Waals surface area contributed by atoms with Crippen molar-refractivity contribution in [3.05, 3.63) is 47.8 Å². The van der Waals surface area contributed by atoms with Crippen LogP contribution in [0.2, 0.25) is 0 Å². The standard InChI is InChI=1S/C22H28FN5OS.ClH/c1-14(2)18-13-26-22-17(25-11-15-6-4-5-7-19(15)29-3)10-21(27-28(18)22)30-20-8-9-24-12-16(20)23;/h4-7,10,13-14,16,20,24-25H,8-9,11-12H2,1-3H3;1H. The summed E-state index contributed by atoms with van der Waals surface area (Å²) in [6, 6.07) is 9.92. The minimum absolute atomic E-state index is 0. The van der Waals surface area contributed by atoms with Crippen LogP contribution in [0.25, 0.3) is 5.65 Å². The molecular formula is C22H29ClFN5OS. The van der Waals surface area contributed by atoms with Gasteiger partial charge in [-0.25, -0.2) is 13.9 Å². The molecule has 2 atom stereocenters. The second kappa shape index (κ2) is 10.5. The van der Waals surface area contributed by atoms with Gasteiger partial charge in [-0.1, -0.05) is 43.8 Å². The molecule has 9 heteroatoms. The summed E-state index contributed by atoms with van der Waals surface area (Å²) in [5, 5.41) is 12.1. The van der Waals surface area contributed by atoms with Gasteiger partial charge in [0.05, 0.1) is 24.7 Å². The summed E-state index contributed by atoms with van der Waals surface area (Å²) in [4.78, 5) is 4.61. The Labute approximate surface area is 192 Å². The summed E-state index contributed by atoms with van der Waals surface area (Å²) in [6.45, 7) is 6.08. The van der Waals surface area contributed by atoms with Crippen LogP contribution in [0, 0.1) is 0 Å². The largest absolute Gasteiger partial charge is 0.496 e. The fourth-order valence-corrected chi connectivity index (χ4v) is 4.77. The van der Waals surface area contributed by atoms with Gasteiger partial charge in [-0.15, -0.1) is 12.4 Å². The monoisotopic (exact) mass is 465 g/mol. The number of fused-ring (bicyclic) bond motifs is 1. The van der Waals surface area contributed by atoms with Crippen LogP contribution >= 0.6 is 24.2 Å². The van der Waals surface area contributed by atoms with Crippen molar-refractivity contribution in [1.82, 2.24) is 19.9 Å². The van der Waals surface area contributed by atoms with Gasteiger partial charge in [-0.3, -0.25) is 0 Å². The van der Waals surface area contributed by atoms with Gasteiger partial charge in [0.25, 0.3) is 0 Å². The molecule has 0 saturated carbocycles. The number of anilines is 1. The third-order valence-corrected chi connectivity index (χ3v) is 6.62. The summed E-state index contributed by atoms with van der Waals surface area (Å²) >= 11 is 1.52. The number of ether oxygens (including phenoxy) is 1. The molecule has 1 aliphatic heterocycles. The summed E-state index contributed by atoms with van der Waals surface area (Å²) in [6.07, 6.45) is 1.79. The summed E-state index contributed by atoms with van der Waals surface area (Å²) in [5.41, 5.74) is 3.76. The maximum atomic E-state index is 14.4. The first kappa shape index (κ1) is 23.6. The Morgan fingerprint density at radius 3 is 2.90 bits per heavy atom. The predicted molar refractivity (Wildman–Crippen MR) is 127 cm³/mol. The van der Waals surface area contributed by atoms with Crippen LogP contribution < -0.4 is 15.4 Å². The molecule has 31 heavy (non-hydrogen) atoms. The third-order valence-electron chi connectivity index (χ3n) is 5.35. The first-order valence-electron chi connectivity index (χ1n) is 10.3. The molecule has 2 N–H and O–H groups in total. The average Bonchev–Trinajstić information content (AvgIpc) is 3.18. The lowest BCUT2D eigenvalue weighted by Gasteiger charge is -2.26. The highest BCUT2D eigenvalue weighted by atomic mass is 35.5. The number of benzene rings is 1. The maximum Gasteiger partial charge on any atom is 0.177 e. The highest BCUT2D eigenvalue weighted by molar-refractivity contribution is 7.99. The Hall–Kier alpha value is -2.03. The molecule has 3 heterocycles. The fourth-order valence-electron chi connectivity index (χ4n) is 3.67. The van der Waals surface area contributed by atoms with Crippen molar-refractivity contribution in [3.63, 3.8) is 0 Å². The third kappa shape index (κ3) is 5.25. The number of alkyl halides is 1. The van der Waals surface area contributed by atoms with Gasteiger partial charge in [0, 0.05) is 23.9 Å². The molecule has 4 rings (SSSR count). The minimum atomic E-state index is -0.876. The maximum absolute atomic E-state index is 14.4. The van der Waals surface area contributed by atoms with Gasteiger partial charge in [0.2, 0.25) is 0 Å². The highest BCUT2D eigenvalue weighted by Crippen LogP contribution is 2.32. The van der Waals surface area contributed by atoms with Crippen LogP contribution in [0.3, 0.4) is 0 Å². The molecule has 0 aliphatic carbocycles. The molecule has 6 nitrogen and oxygen atoms in total. The molecule has 0 spiro atoms. The van der Waals surface area contributed by atoms with Crippen LogP contribution in [0.1, 0.15) is 37.4 Å². The normalized spacial score (nSPS) is 18.7. The predicted octanol–water partition coefficient (Wildman–Crippen LogP) is 4.69. The molecule has 2 unspecified atom stereocenters. The number of imidazole rings is 1. The van der Waals surface area contributed by atoms with E-state index in [1.165, 1.54) is 11.8 Å². The molecule has 1 saturated heterocycles. The number of rotatable bonds is 7. The SMILES string of the molecule is COc1ccccc1CNc1cc(SC2CCNCC2F)nn2c(C(C)C)cnc12.Cl. The lowest BCUT2D eigenvalue weighted by Crippen LogP contribution is -2.39. The second-order valence-corrected chi connectivity index (χ2v) is 9.06. The Morgan fingerprint density at radius 2 is 2.16 bits per heavy atom. The summed E-state index contributed by atoms with van der Waals surface area (Å²) in [5.74, 6) is 1.12. The van der Waals surface area contributed by atoms with Gasteiger partial charge in [0.1, 0.15) is 16.9 Å². The number of thioether (sulfide) groups is 1. The van der Waals surface area contributed by atoms with Gasteiger partial charge in [0.15, 0.2) is 5.65 Å². The summed E-state index contributed by atoms with van der Waals surface area (Å²) < 4.78 is 21.8. The number of piperidine rings is 1. The molecule has 0 radical (unpaired) electrons. The molecule has 0 amide bonds. The quantitative estimate of drug-likeness (QED) is 0.528. The topological polar surface area (TPSA) is 63.5 Å². The Kier molecular flexibility index (Phi) is 8.02. The summed E-state index contributed by atoms with van der Waals surface area (Å²) in [7, 11) is 1.67. The van der Waals surface area contributed by atoms with Crippen molar-refractivity contribution in [2.75, 3.05) is 25.5 Å².